The molecule has 0 radical (unpaired) electrons. The van der Waals surface area contributed by atoms with Gasteiger partial charge in [0.05, 0.1) is 6.61 Å². The van der Waals surface area contributed by atoms with Gasteiger partial charge in [-0.1, -0.05) is 0 Å². The van der Waals surface area contributed by atoms with E-state index in [4.69, 9.17) is 4.74 Å². The van der Waals surface area contributed by atoms with Crippen molar-refractivity contribution in [2.24, 2.45) is 5.41 Å². The van der Waals surface area contributed by atoms with E-state index in [1.54, 1.807) is 0 Å². The number of nitrogens with one attached hydrogen (secondary N) is 1. The monoisotopic (exact) mass is 233 g/mol. The molecule has 1 aliphatic heterocycles. The number of hydrogen-bond donors (Lipinski definition) is 2. The van der Waals surface area contributed by atoms with Gasteiger partial charge < -0.3 is 15.2 Å². The summed E-state index contributed by atoms with van der Waals surface area (Å²) in [4.78, 5) is 11.4. The molecule has 1 aliphatic rings. The molecule has 16 heavy (non-hydrogen) atoms. The molecule has 2 N–H and O–H groups in total. The molecule has 1 saturated heterocycles. The molecule has 1 heterocycles. The lowest BCUT2D eigenvalue weighted by Gasteiger charge is -2.35. The SMILES string of the molecule is CC(C)(F)C(=O)NCC1(CO)CCOCC1. The van der Waals surface area contributed by atoms with E-state index in [0.29, 0.717) is 32.6 Å². The molecule has 0 atom stereocenters. The van der Waals surface area contributed by atoms with Crippen LogP contribution in [0.25, 0.3) is 0 Å². The fourth-order valence-electron chi connectivity index (χ4n) is 1.67. The van der Waals surface area contributed by atoms with E-state index < -0.39 is 11.6 Å². The second-order valence-corrected chi connectivity index (χ2v) is 4.93. The molecular formula is C11H20FNO3. The normalized spacial score (nSPS) is 20.5. The standard InChI is InChI=1S/C11H20FNO3/c1-10(2,12)9(15)13-7-11(8-14)3-5-16-6-4-11/h14H,3-8H2,1-2H3,(H,13,15). The first-order valence-electron chi connectivity index (χ1n) is 5.55. The zero-order chi connectivity index (χ0) is 12.2. The highest BCUT2D eigenvalue weighted by molar-refractivity contribution is 5.84. The molecule has 0 unspecified atom stereocenters. The zero-order valence-electron chi connectivity index (χ0n) is 9.88. The molecule has 94 valence electrons. The highest BCUT2D eigenvalue weighted by Gasteiger charge is 2.34. The lowest BCUT2D eigenvalue weighted by molar-refractivity contribution is -0.132. The molecule has 0 aromatic heterocycles. The molecule has 4 nitrogen and oxygen atoms in total. The number of halogens is 1. The van der Waals surface area contributed by atoms with Crippen LogP contribution in [0.4, 0.5) is 4.39 Å². The van der Waals surface area contributed by atoms with Crippen LogP contribution in [-0.2, 0) is 9.53 Å². The number of aliphatic hydroxyl groups excluding tert-OH is 1. The predicted octanol–water partition coefficient (Wildman–Crippen LogP) is 0.640. The Morgan fingerprint density at radius 3 is 2.50 bits per heavy atom. The van der Waals surface area contributed by atoms with Crippen molar-refractivity contribution in [3.8, 4) is 0 Å². The minimum Gasteiger partial charge on any atom is -0.396 e. The number of aliphatic hydroxyl groups is 1. The smallest absolute Gasteiger partial charge is 0.257 e. The minimum atomic E-state index is -1.87. The predicted molar refractivity (Wildman–Crippen MR) is 57.8 cm³/mol. The maximum absolute atomic E-state index is 13.3. The molecule has 1 rings (SSSR count). The van der Waals surface area contributed by atoms with Crippen molar-refractivity contribution in [1.29, 1.82) is 0 Å². The van der Waals surface area contributed by atoms with E-state index >= 15 is 0 Å². The fraction of sp³-hybridized carbons (Fsp3) is 0.909. The number of hydrogen-bond acceptors (Lipinski definition) is 3. The van der Waals surface area contributed by atoms with Crippen LogP contribution in [0, 0.1) is 5.41 Å². The van der Waals surface area contributed by atoms with Gasteiger partial charge >= 0.3 is 0 Å². The summed E-state index contributed by atoms with van der Waals surface area (Å²) in [7, 11) is 0. The minimum absolute atomic E-state index is 0.0106. The molecule has 1 fully saturated rings. The summed E-state index contributed by atoms with van der Waals surface area (Å²) in [5.41, 5.74) is -2.22. The Labute approximate surface area is 95.2 Å². The second-order valence-electron chi connectivity index (χ2n) is 4.93. The summed E-state index contributed by atoms with van der Waals surface area (Å²) in [6, 6.07) is 0. The molecule has 0 aromatic carbocycles. The lowest BCUT2D eigenvalue weighted by Crippen LogP contribution is -2.47. The number of ether oxygens (including phenoxy) is 1. The van der Waals surface area contributed by atoms with E-state index in [2.05, 4.69) is 5.32 Å². The summed E-state index contributed by atoms with van der Waals surface area (Å²) >= 11 is 0. The zero-order valence-corrected chi connectivity index (χ0v) is 9.88. The first-order chi connectivity index (χ1) is 7.40. The van der Waals surface area contributed by atoms with Crippen molar-refractivity contribution >= 4 is 5.91 Å². The van der Waals surface area contributed by atoms with Crippen LogP contribution in [0.1, 0.15) is 26.7 Å². The van der Waals surface area contributed by atoms with Gasteiger partial charge in [-0.25, -0.2) is 4.39 Å². The van der Waals surface area contributed by atoms with Gasteiger partial charge in [0.1, 0.15) is 0 Å². The van der Waals surface area contributed by atoms with E-state index in [-0.39, 0.29) is 12.0 Å². The van der Waals surface area contributed by atoms with Crippen LogP contribution in [0.3, 0.4) is 0 Å². The van der Waals surface area contributed by atoms with E-state index in [1.807, 2.05) is 0 Å². The van der Waals surface area contributed by atoms with E-state index in [0.717, 1.165) is 0 Å². The maximum Gasteiger partial charge on any atom is 0.257 e. The van der Waals surface area contributed by atoms with Crippen LogP contribution in [-0.4, -0.2) is 43.0 Å². The Morgan fingerprint density at radius 1 is 1.50 bits per heavy atom. The molecular weight excluding hydrogens is 213 g/mol. The molecule has 0 spiro atoms. The quantitative estimate of drug-likeness (QED) is 0.749. The van der Waals surface area contributed by atoms with Gasteiger partial charge in [-0.3, -0.25) is 4.79 Å². The van der Waals surface area contributed by atoms with E-state index in [9.17, 15) is 14.3 Å². The lowest BCUT2D eigenvalue weighted by atomic mass is 9.81. The highest BCUT2D eigenvalue weighted by Crippen LogP contribution is 2.29. The Hall–Kier alpha value is -0.680. The topological polar surface area (TPSA) is 58.6 Å². The Kier molecular flexibility index (Phi) is 4.27. The van der Waals surface area contributed by atoms with Crippen LogP contribution in [0.2, 0.25) is 0 Å². The van der Waals surface area contributed by atoms with Crippen molar-refractivity contribution in [2.75, 3.05) is 26.4 Å². The number of alkyl halides is 1. The van der Waals surface area contributed by atoms with Crippen LogP contribution in [0.15, 0.2) is 0 Å². The molecule has 0 saturated carbocycles. The van der Waals surface area contributed by atoms with Gasteiger partial charge in [-0.15, -0.1) is 0 Å². The van der Waals surface area contributed by atoms with Crippen molar-refractivity contribution < 1.29 is 19.0 Å². The molecule has 0 bridgehead atoms. The van der Waals surface area contributed by atoms with Crippen LogP contribution >= 0.6 is 0 Å². The van der Waals surface area contributed by atoms with E-state index in [1.165, 1.54) is 13.8 Å². The average Bonchev–Trinajstić information content (AvgIpc) is 2.26. The number of rotatable bonds is 4. The van der Waals surface area contributed by atoms with Gasteiger partial charge in [0.2, 0.25) is 0 Å². The highest BCUT2D eigenvalue weighted by atomic mass is 19.1. The van der Waals surface area contributed by atoms with Crippen molar-refractivity contribution in [2.45, 2.75) is 32.4 Å². The number of amides is 1. The van der Waals surface area contributed by atoms with Gasteiger partial charge in [0, 0.05) is 25.2 Å². The van der Waals surface area contributed by atoms with Crippen molar-refractivity contribution in [3.63, 3.8) is 0 Å². The summed E-state index contributed by atoms with van der Waals surface area (Å²) in [6.07, 6.45) is 1.38. The van der Waals surface area contributed by atoms with Gasteiger partial charge in [-0.05, 0) is 26.7 Å². The summed E-state index contributed by atoms with van der Waals surface area (Å²) in [5.74, 6) is -0.633. The Morgan fingerprint density at radius 2 is 2.06 bits per heavy atom. The first-order valence-corrected chi connectivity index (χ1v) is 5.55. The van der Waals surface area contributed by atoms with Gasteiger partial charge in [0.25, 0.3) is 5.91 Å². The van der Waals surface area contributed by atoms with Crippen LogP contribution < -0.4 is 5.32 Å². The Balaban J connectivity index is 2.48. The van der Waals surface area contributed by atoms with Crippen LogP contribution in [0.5, 0.6) is 0 Å². The molecule has 0 aliphatic carbocycles. The average molecular weight is 233 g/mol. The number of carbonyl (C=O) groups is 1. The summed E-state index contributed by atoms with van der Waals surface area (Å²) in [6.45, 7) is 3.89. The second kappa shape index (κ2) is 5.10. The molecule has 5 heteroatoms. The molecule has 0 aromatic rings. The van der Waals surface area contributed by atoms with Gasteiger partial charge in [-0.2, -0.15) is 0 Å². The largest absolute Gasteiger partial charge is 0.396 e. The van der Waals surface area contributed by atoms with Crippen molar-refractivity contribution in [3.05, 3.63) is 0 Å². The maximum atomic E-state index is 13.3. The third-order valence-electron chi connectivity index (χ3n) is 3.05. The summed E-state index contributed by atoms with van der Waals surface area (Å²) < 4.78 is 18.5. The Bertz CT molecular complexity index is 244. The third kappa shape index (κ3) is 3.42. The third-order valence-corrected chi connectivity index (χ3v) is 3.05. The summed E-state index contributed by atoms with van der Waals surface area (Å²) in [5, 5.41) is 11.9. The number of carbonyl (C=O) groups excluding carboxylic acids is 1. The van der Waals surface area contributed by atoms with Gasteiger partial charge in [0.15, 0.2) is 5.67 Å². The van der Waals surface area contributed by atoms with Crippen molar-refractivity contribution in [1.82, 2.24) is 5.32 Å². The fourth-order valence-corrected chi connectivity index (χ4v) is 1.67. The molecule has 1 amide bonds. The first kappa shape index (κ1) is 13.4.